The number of amides is 2. The van der Waals surface area contributed by atoms with Crippen molar-refractivity contribution in [1.29, 1.82) is 0 Å². The first-order chi connectivity index (χ1) is 14.5. The zero-order valence-corrected chi connectivity index (χ0v) is 20.7. The molecule has 172 valence electrons. The molecule has 3 heterocycles. The number of likely N-dealkylation sites (tertiary alicyclic amines) is 1. The smallest absolute Gasteiger partial charge is 0.311 e. The lowest BCUT2D eigenvalue weighted by atomic mass is 9.71. The lowest BCUT2D eigenvalue weighted by Gasteiger charge is -2.42. The molecule has 0 radical (unpaired) electrons. The molecule has 0 aromatic heterocycles. The fraction of sp³-hybridized carbons (Fsp3) is 0.682. The molecule has 7 nitrogen and oxygen atoms in total. The van der Waals surface area contributed by atoms with E-state index in [4.69, 9.17) is 4.74 Å². The number of esters is 1. The van der Waals surface area contributed by atoms with E-state index in [1.54, 1.807) is 22.7 Å². The van der Waals surface area contributed by atoms with Crippen LogP contribution in [0.15, 0.2) is 25.3 Å². The quantitative estimate of drug-likeness (QED) is 0.302. The molecule has 9 heteroatoms. The first-order valence-corrected chi connectivity index (χ1v) is 12.3. The number of alkyl halides is 1. The summed E-state index contributed by atoms with van der Waals surface area (Å²) in [5.41, 5.74) is -0.481. The third-order valence-corrected chi connectivity index (χ3v) is 9.59. The predicted octanol–water partition coefficient (Wildman–Crippen LogP) is 1.99. The highest BCUT2D eigenvalue weighted by Crippen LogP contribution is 2.68. The van der Waals surface area contributed by atoms with Crippen LogP contribution in [-0.2, 0) is 19.1 Å². The number of hydrogen-bond donors (Lipinski definition) is 1. The Hall–Kier alpha value is -1.32. The number of rotatable bonds is 8. The van der Waals surface area contributed by atoms with Crippen LogP contribution in [0.25, 0.3) is 0 Å². The normalized spacial score (nSPS) is 33.9. The average molecular weight is 515 g/mol. The van der Waals surface area contributed by atoms with E-state index in [-0.39, 0.29) is 41.6 Å². The van der Waals surface area contributed by atoms with Gasteiger partial charge in [0, 0.05) is 28.7 Å². The number of hydrogen-bond acceptors (Lipinski definition) is 6. The van der Waals surface area contributed by atoms with Crippen LogP contribution in [-0.4, -0.2) is 85.4 Å². The maximum atomic E-state index is 13.9. The largest absolute Gasteiger partial charge is 0.461 e. The number of aliphatic hydroxyl groups excluding tert-OH is 1. The molecule has 3 saturated heterocycles. The van der Waals surface area contributed by atoms with E-state index in [9.17, 15) is 19.5 Å². The van der Waals surface area contributed by atoms with E-state index < -0.39 is 34.1 Å². The lowest BCUT2D eigenvalue weighted by Crippen LogP contribution is -2.59. The van der Waals surface area contributed by atoms with E-state index >= 15 is 0 Å². The molecule has 0 aliphatic carbocycles. The topological polar surface area (TPSA) is 87.1 Å². The third kappa shape index (κ3) is 3.86. The van der Waals surface area contributed by atoms with Gasteiger partial charge in [-0.2, -0.15) is 0 Å². The standard InChI is InChI=1S/C22H31BrN2O5S/c1-6-8-25(21(3,4)5)19(28)17-22-12-13(23)16(31-22)14(20(29)30-11-7-2)15(22)18(27)24(17)9-10-26/h6-7,13-17,26H,1-2,8-12H2,3-5H3/t13?,14-,15-,16-,17?,22?/m0/s1. The SMILES string of the molecule is C=CCOC(=O)[C@H]1[C@H]2C(=O)N(CCO)C(C(=O)N(CC=C)C(C)(C)C)C23CC(Br)[C@@H]1S3. The van der Waals surface area contributed by atoms with Crippen molar-refractivity contribution in [2.75, 3.05) is 26.3 Å². The number of fused-ring (bicyclic) bond motifs is 1. The summed E-state index contributed by atoms with van der Waals surface area (Å²) in [6.07, 6.45) is 3.76. The molecule has 0 aromatic rings. The molecule has 2 amide bonds. The van der Waals surface area contributed by atoms with Gasteiger partial charge in [-0.3, -0.25) is 14.4 Å². The van der Waals surface area contributed by atoms with Gasteiger partial charge in [-0.15, -0.1) is 18.3 Å². The second kappa shape index (κ2) is 8.90. The van der Waals surface area contributed by atoms with Gasteiger partial charge in [0.1, 0.15) is 12.6 Å². The molecule has 1 spiro atoms. The van der Waals surface area contributed by atoms with Crippen LogP contribution >= 0.6 is 27.7 Å². The summed E-state index contributed by atoms with van der Waals surface area (Å²) in [6.45, 7) is 13.4. The Bertz CT molecular complexity index is 784. The Labute approximate surface area is 196 Å². The van der Waals surface area contributed by atoms with Gasteiger partial charge < -0.3 is 19.6 Å². The first kappa shape index (κ1) is 24.3. The van der Waals surface area contributed by atoms with Crippen molar-refractivity contribution in [2.24, 2.45) is 11.8 Å². The molecule has 3 rings (SSSR count). The number of carbonyl (C=O) groups excluding carboxylic acids is 3. The van der Waals surface area contributed by atoms with Crippen LogP contribution in [0.2, 0.25) is 0 Å². The molecule has 1 N–H and O–H groups in total. The summed E-state index contributed by atoms with van der Waals surface area (Å²) < 4.78 is 4.60. The molecular weight excluding hydrogens is 484 g/mol. The van der Waals surface area contributed by atoms with Crippen LogP contribution in [0.4, 0.5) is 0 Å². The average Bonchev–Trinajstić information content (AvgIpc) is 3.27. The molecule has 0 aromatic carbocycles. The maximum Gasteiger partial charge on any atom is 0.311 e. The summed E-state index contributed by atoms with van der Waals surface area (Å²) in [6, 6.07) is -0.761. The molecule has 3 unspecified atom stereocenters. The van der Waals surface area contributed by atoms with Crippen molar-refractivity contribution in [3.05, 3.63) is 25.3 Å². The highest BCUT2D eigenvalue weighted by molar-refractivity contribution is 9.09. The summed E-state index contributed by atoms with van der Waals surface area (Å²) in [7, 11) is 0. The fourth-order valence-corrected chi connectivity index (χ4v) is 8.83. The van der Waals surface area contributed by atoms with Crippen molar-refractivity contribution < 1.29 is 24.2 Å². The van der Waals surface area contributed by atoms with Crippen molar-refractivity contribution in [3.8, 4) is 0 Å². The predicted molar refractivity (Wildman–Crippen MR) is 124 cm³/mol. The first-order valence-electron chi connectivity index (χ1n) is 10.5. The Morgan fingerprint density at radius 3 is 2.61 bits per heavy atom. The summed E-state index contributed by atoms with van der Waals surface area (Å²) in [5.74, 6) is -2.16. The molecule has 6 atom stereocenters. The van der Waals surface area contributed by atoms with Crippen LogP contribution in [0.5, 0.6) is 0 Å². The monoisotopic (exact) mass is 514 g/mol. The number of nitrogens with zero attached hydrogens (tertiary/aromatic N) is 2. The Balaban J connectivity index is 2.06. The number of ether oxygens (including phenoxy) is 1. The molecule has 3 fully saturated rings. The summed E-state index contributed by atoms with van der Waals surface area (Å²) in [5, 5.41) is 9.51. The van der Waals surface area contributed by atoms with Crippen LogP contribution in [0, 0.1) is 11.8 Å². The Morgan fingerprint density at radius 1 is 1.39 bits per heavy atom. The molecule has 0 saturated carbocycles. The van der Waals surface area contributed by atoms with Gasteiger partial charge in [0.05, 0.1) is 23.2 Å². The van der Waals surface area contributed by atoms with Crippen molar-refractivity contribution >= 4 is 45.5 Å². The summed E-state index contributed by atoms with van der Waals surface area (Å²) >= 11 is 5.25. The number of thioether (sulfide) groups is 1. The van der Waals surface area contributed by atoms with Gasteiger partial charge in [0.2, 0.25) is 11.8 Å². The minimum absolute atomic E-state index is 0.0188. The van der Waals surface area contributed by atoms with Crippen molar-refractivity contribution in [1.82, 2.24) is 9.80 Å². The second-order valence-electron chi connectivity index (χ2n) is 9.25. The summed E-state index contributed by atoms with van der Waals surface area (Å²) in [4.78, 5) is 43.6. The number of carbonyl (C=O) groups is 3. The van der Waals surface area contributed by atoms with Gasteiger partial charge in [0.15, 0.2) is 0 Å². The number of halogens is 1. The van der Waals surface area contributed by atoms with Crippen LogP contribution in [0.3, 0.4) is 0 Å². The Morgan fingerprint density at radius 2 is 2.06 bits per heavy atom. The second-order valence-corrected chi connectivity index (χ2v) is 12.0. The van der Waals surface area contributed by atoms with Gasteiger partial charge in [-0.1, -0.05) is 34.7 Å². The van der Waals surface area contributed by atoms with Crippen LogP contribution in [0.1, 0.15) is 27.2 Å². The van der Waals surface area contributed by atoms with Crippen molar-refractivity contribution in [2.45, 2.75) is 53.6 Å². The molecule has 2 bridgehead atoms. The molecular formula is C22H31BrN2O5S. The van der Waals surface area contributed by atoms with E-state index in [0.29, 0.717) is 13.0 Å². The third-order valence-electron chi connectivity index (χ3n) is 6.37. The van der Waals surface area contributed by atoms with Gasteiger partial charge in [0.25, 0.3) is 0 Å². The minimum atomic E-state index is -0.761. The van der Waals surface area contributed by atoms with Gasteiger partial charge in [-0.05, 0) is 27.2 Å². The van der Waals surface area contributed by atoms with Gasteiger partial charge >= 0.3 is 5.97 Å². The zero-order chi connectivity index (χ0) is 23.1. The molecule has 31 heavy (non-hydrogen) atoms. The van der Waals surface area contributed by atoms with E-state index in [1.165, 1.54) is 11.0 Å². The van der Waals surface area contributed by atoms with E-state index in [2.05, 4.69) is 29.1 Å². The Kier molecular flexibility index (Phi) is 6.99. The molecule has 3 aliphatic heterocycles. The number of aliphatic hydroxyl groups is 1. The zero-order valence-electron chi connectivity index (χ0n) is 18.3. The minimum Gasteiger partial charge on any atom is -0.461 e. The van der Waals surface area contributed by atoms with E-state index in [0.717, 1.165) is 0 Å². The highest BCUT2D eigenvalue weighted by Gasteiger charge is 2.76. The molecule has 3 aliphatic rings. The maximum absolute atomic E-state index is 13.9. The number of β-amino-alcohol motifs (C(OH)–C–C–N with tert-alkyl or cyclic N) is 1. The van der Waals surface area contributed by atoms with E-state index in [1.807, 2.05) is 20.8 Å². The lowest BCUT2D eigenvalue weighted by molar-refractivity contribution is -0.153. The van der Waals surface area contributed by atoms with Crippen molar-refractivity contribution in [3.63, 3.8) is 0 Å². The highest BCUT2D eigenvalue weighted by atomic mass is 79.9. The van der Waals surface area contributed by atoms with Crippen LogP contribution < -0.4 is 0 Å². The fourth-order valence-electron chi connectivity index (χ4n) is 5.23. The van der Waals surface area contributed by atoms with Gasteiger partial charge in [-0.25, -0.2) is 0 Å².